The van der Waals surface area contributed by atoms with Crippen LogP contribution >= 0.6 is 0 Å². The zero-order chi connectivity index (χ0) is 15.9. The number of nitrogens with one attached hydrogen (secondary N) is 1. The molecule has 0 unspecified atom stereocenters. The Morgan fingerprint density at radius 2 is 2.09 bits per heavy atom. The Bertz CT molecular complexity index is 487. The standard InChI is InChI=1S/C17H28N4O/c1-4-14(5-2)17(22)21-10-6-7-13(12-21)11-15-16(18-3)20-9-8-19-15/h8-9,13-14H,4-7,10-12H2,1-3H3,(H,18,20)/t13-/m1/s1. The fraction of sp³-hybridized carbons (Fsp3) is 0.706. The lowest BCUT2D eigenvalue weighted by atomic mass is 9.91. The molecule has 1 N–H and O–H groups in total. The monoisotopic (exact) mass is 304 g/mol. The zero-order valence-corrected chi connectivity index (χ0v) is 14.0. The number of piperidine rings is 1. The molecule has 0 saturated carbocycles. The van der Waals surface area contributed by atoms with Gasteiger partial charge >= 0.3 is 0 Å². The molecule has 2 heterocycles. The second-order valence-corrected chi connectivity index (χ2v) is 6.11. The summed E-state index contributed by atoms with van der Waals surface area (Å²) < 4.78 is 0. The summed E-state index contributed by atoms with van der Waals surface area (Å²) in [5.41, 5.74) is 1.01. The number of carbonyl (C=O) groups excluding carboxylic acids is 1. The number of anilines is 1. The second kappa shape index (κ2) is 8.11. The number of likely N-dealkylation sites (tertiary alicyclic amines) is 1. The minimum Gasteiger partial charge on any atom is -0.372 e. The van der Waals surface area contributed by atoms with Crippen molar-refractivity contribution >= 4 is 11.7 Å². The quantitative estimate of drug-likeness (QED) is 0.878. The van der Waals surface area contributed by atoms with Gasteiger partial charge in [-0.05, 0) is 38.0 Å². The summed E-state index contributed by atoms with van der Waals surface area (Å²) in [5, 5.41) is 3.10. The summed E-state index contributed by atoms with van der Waals surface area (Å²) in [6.07, 6.45) is 8.45. The molecule has 1 amide bonds. The van der Waals surface area contributed by atoms with Crippen LogP contribution in [0.5, 0.6) is 0 Å². The van der Waals surface area contributed by atoms with Crippen LogP contribution < -0.4 is 5.32 Å². The van der Waals surface area contributed by atoms with Crippen LogP contribution in [-0.2, 0) is 11.2 Å². The molecule has 22 heavy (non-hydrogen) atoms. The van der Waals surface area contributed by atoms with Gasteiger partial charge in [-0.3, -0.25) is 9.78 Å². The van der Waals surface area contributed by atoms with E-state index in [2.05, 4.69) is 34.0 Å². The van der Waals surface area contributed by atoms with Gasteiger partial charge in [-0.15, -0.1) is 0 Å². The van der Waals surface area contributed by atoms with Crippen molar-refractivity contribution in [3.05, 3.63) is 18.1 Å². The first-order chi connectivity index (χ1) is 10.7. The van der Waals surface area contributed by atoms with E-state index in [0.29, 0.717) is 11.8 Å². The Labute approximate surface area is 133 Å². The topological polar surface area (TPSA) is 58.1 Å². The molecule has 0 bridgehead atoms. The number of aromatic nitrogens is 2. The van der Waals surface area contributed by atoms with Gasteiger partial charge in [0.15, 0.2) is 0 Å². The summed E-state index contributed by atoms with van der Waals surface area (Å²) in [4.78, 5) is 23.4. The maximum atomic E-state index is 12.6. The van der Waals surface area contributed by atoms with Crippen molar-refractivity contribution in [1.82, 2.24) is 14.9 Å². The van der Waals surface area contributed by atoms with Gasteiger partial charge in [0.25, 0.3) is 0 Å². The molecule has 1 saturated heterocycles. The fourth-order valence-corrected chi connectivity index (χ4v) is 3.33. The summed E-state index contributed by atoms with van der Waals surface area (Å²) in [6, 6.07) is 0. The SMILES string of the molecule is CCC(CC)C(=O)N1CCC[C@H](Cc2nccnc2NC)C1. The average molecular weight is 304 g/mol. The van der Waals surface area contributed by atoms with E-state index in [-0.39, 0.29) is 5.92 Å². The molecule has 1 aliphatic heterocycles. The molecule has 0 aliphatic carbocycles. The molecule has 1 aromatic rings. The lowest BCUT2D eigenvalue weighted by molar-refractivity contribution is -0.137. The minimum absolute atomic E-state index is 0.183. The third kappa shape index (κ3) is 3.96. The van der Waals surface area contributed by atoms with Crippen LogP contribution in [0.1, 0.15) is 45.2 Å². The molecule has 0 spiro atoms. The van der Waals surface area contributed by atoms with Crippen molar-refractivity contribution in [2.75, 3.05) is 25.5 Å². The van der Waals surface area contributed by atoms with E-state index in [0.717, 1.165) is 56.7 Å². The molecule has 1 aromatic heterocycles. The molecule has 1 aliphatic rings. The van der Waals surface area contributed by atoms with Crippen LogP contribution in [0.25, 0.3) is 0 Å². The third-order valence-corrected chi connectivity index (χ3v) is 4.66. The number of rotatable bonds is 6. The van der Waals surface area contributed by atoms with Gasteiger partial charge in [0.2, 0.25) is 5.91 Å². The predicted molar refractivity (Wildman–Crippen MR) is 88.7 cm³/mol. The Morgan fingerprint density at radius 3 is 2.77 bits per heavy atom. The first-order valence-electron chi connectivity index (χ1n) is 8.45. The van der Waals surface area contributed by atoms with E-state index in [4.69, 9.17) is 0 Å². The second-order valence-electron chi connectivity index (χ2n) is 6.11. The van der Waals surface area contributed by atoms with Crippen molar-refractivity contribution in [2.45, 2.75) is 46.0 Å². The lowest BCUT2D eigenvalue weighted by Gasteiger charge is -2.34. The molecule has 5 nitrogen and oxygen atoms in total. The van der Waals surface area contributed by atoms with Gasteiger partial charge in [0.05, 0.1) is 5.69 Å². The van der Waals surface area contributed by atoms with E-state index in [1.165, 1.54) is 0 Å². The highest BCUT2D eigenvalue weighted by molar-refractivity contribution is 5.78. The van der Waals surface area contributed by atoms with Crippen LogP contribution in [-0.4, -0.2) is 40.9 Å². The van der Waals surface area contributed by atoms with Gasteiger partial charge in [-0.25, -0.2) is 4.98 Å². The summed E-state index contributed by atoms with van der Waals surface area (Å²) in [7, 11) is 1.87. The van der Waals surface area contributed by atoms with Crippen LogP contribution in [0.4, 0.5) is 5.82 Å². The van der Waals surface area contributed by atoms with Crippen molar-refractivity contribution in [3.8, 4) is 0 Å². The van der Waals surface area contributed by atoms with E-state index in [9.17, 15) is 4.79 Å². The Balaban J connectivity index is 2.00. The molecule has 5 heteroatoms. The number of amides is 1. The van der Waals surface area contributed by atoms with Gasteiger partial charge in [0.1, 0.15) is 5.82 Å². The van der Waals surface area contributed by atoms with Gasteiger partial charge in [0, 0.05) is 38.4 Å². The molecular weight excluding hydrogens is 276 g/mol. The molecule has 0 radical (unpaired) electrons. The molecule has 122 valence electrons. The number of hydrogen-bond donors (Lipinski definition) is 1. The van der Waals surface area contributed by atoms with Crippen LogP contribution in [0.15, 0.2) is 12.4 Å². The normalized spacial score (nSPS) is 18.5. The van der Waals surface area contributed by atoms with E-state index in [1.54, 1.807) is 12.4 Å². The van der Waals surface area contributed by atoms with Gasteiger partial charge in [-0.2, -0.15) is 0 Å². The molecule has 0 aromatic carbocycles. The average Bonchev–Trinajstić information content (AvgIpc) is 2.56. The summed E-state index contributed by atoms with van der Waals surface area (Å²) in [6.45, 7) is 5.97. The first-order valence-corrected chi connectivity index (χ1v) is 8.45. The van der Waals surface area contributed by atoms with Crippen LogP contribution in [0.2, 0.25) is 0 Å². The number of hydrogen-bond acceptors (Lipinski definition) is 4. The molecule has 1 fully saturated rings. The van der Waals surface area contributed by atoms with Crippen molar-refractivity contribution in [2.24, 2.45) is 11.8 Å². The Morgan fingerprint density at radius 1 is 1.36 bits per heavy atom. The van der Waals surface area contributed by atoms with E-state index >= 15 is 0 Å². The van der Waals surface area contributed by atoms with Crippen molar-refractivity contribution < 1.29 is 4.79 Å². The largest absolute Gasteiger partial charge is 0.372 e. The highest BCUT2D eigenvalue weighted by Crippen LogP contribution is 2.24. The first kappa shape index (κ1) is 16.7. The maximum absolute atomic E-state index is 12.6. The summed E-state index contributed by atoms with van der Waals surface area (Å²) in [5.74, 6) is 1.85. The van der Waals surface area contributed by atoms with E-state index < -0.39 is 0 Å². The van der Waals surface area contributed by atoms with Crippen LogP contribution in [0.3, 0.4) is 0 Å². The maximum Gasteiger partial charge on any atom is 0.225 e. The van der Waals surface area contributed by atoms with Crippen LogP contribution in [0, 0.1) is 11.8 Å². The fourth-order valence-electron chi connectivity index (χ4n) is 3.33. The zero-order valence-electron chi connectivity index (χ0n) is 14.0. The van der Waals surface area contributed by atoms with Gasteiger partial charge in [-0.1, -0.05) is 13.8 Å². The van der Waals surface area contributed by atoms with E-state index in [1.807, 2.05) is 7.05 Å². The number of nitrogens with zero attached hydrogens (tertiary/aromatic N) is 3. The molecule has 1 atom stereocenters. The minimum atomic E-state index is 0.183. The Kier molecular flexibility index (Phi) is 6.16. The highest BCUT2D eigenvalue weighted by Gasteiger charge is 2.27. The Hall–Kier alpha value is -1.65. The number of carbonyl (C=O) groups is 1. The predicted octanol–water partition coefficient (Wildman–Crippen LogP) is 2.74. The molecular formula is C17H28N4O. The lowest BCUT2D eigenvalue weighted by Crippen LogP contribution is -2.43. The third-order valence-electron chi connectivity index (χ3n) is 4.66. The van der Waals surface area contributed by atoms with Crippen molar-refractivity contribution in [3.63, 3.8) is 0 Å². The smallest absolute Gasteiger partial charge is 0.225 e. The van der Waals surface area contributed by atoms with Gasteiger partial charge < -0.3 is 10.2 Å². The summed E-state index contributed by atoms with van der Waals surface area (Å²) >= 11 is 0. The highest BCUT2D eigenvalue weighted by atomic mass is 16.2. The molecule has 2 rings (SSSR count). The van der Waals surface area contributed by atoms with Crippen molar-refractivity contribution in [1.29, 1.82) is 0 Å².